The highest BCUT2D eigenvalue weighted by atomic mass is 79.9. The Labute approximate surface area is 167 Å². The van der Waals surface area contributed by atoms with Crippen molar-refractivity contribution in [1.29, 1.82) is 0 Å². The van der Waals surface area contributed by atoms with Crippen molar-refractivity contribution in [3.8, 4) is 17.1 Å². The first-order valence-corrected chi connectivity index (χ1v) is 9.07. The molecule has 0 amide bonds. The molecule has 0 saturated heterocycles. The summed E-state index contributed by atoms with van der Waals surface area (Å²) in [5.41, 5.74) is 2.07. The number of ether oxygens (including phenoxy) is 1. The van der Waals surface area contributed by atoms with E-state index in [1.807, 2.05) is 30.3 Å². The van der Waals surface area contributed by atoms with E-state index in [0.29, 0.717) is 17.3 Å². The lowest BCUT2D eigenvalue weighted by Crippen LogP contribution is -2.03. The molecule has 1 N–H and O–H groups in total. The van der Waals surface area contributed by atoms with Crippen LogP contribution in [0.3, 0.4) is 0 Å². The molecule has 4 rings (SSSR count). The molecule has 4 aromatic rings. The lowest BCUT2D eigenvalue weighted by molar-refractivity contribution is -0.0497. The van der Waals surface area contributed by atoms with E-state index in [-0.39, 0.29) is 5.75 Å². The zero-order chi connectivity index (χ0) is 19.5. The number of alkyl halides is 2. The van der Waals surface area contributed by atoms with Gasteiger partial charge in [0.1, 0.15) is 11.6 Å². The lowest BCUT2D eigenvalue weighted by atomic mass is 10.2. The number of aromatic nitrogens is 3. The van der Waals surface area contributed by atoms with Crippen molar-refractivity contribution in [1.82, 2.24) is 15.0 Å². The molecule has 0 unspecified atom stereocenters. The summed E-state index contributed by atoms with van der Waals surface area (Å²) in [5, 5.41) is 3.96. The molecular weight excluding hydrogens is 430 g/mol. The molecular formula is C20H13BrF2N4O. The first-order chi connectivity index (χ1) is 13.6. The summed E-state index contributed by atoms with van der Waals surface area (Å²) in [4.78, 5) is 13.3. The Morgan fingerprint density at radius 2 is 1.89 bits per heavy atom. The number of pyridine rings is 1. The Morgan fingerprint density at radius 1 is 1.00 bits per heavy atom. The van der Waals surface area contributed by atoms with E-state index in [1.165, 1.54) is 12.1 Å². The fraction of sp³-hybridized carbons (Fsp3) is 0.0500. The van der Waals surface area contributed by atoms with Crippen LogP contribution >= 0.6 is 15.9 Å². The van der Waals surface area contributed by atoms with Crippen LogP contribution in [0.15, 0.2) is 71.5 Å². The maximum atomic E-state index is 12.5. The predicted molar refractivity (Wildman–Crippen MR) is 107 cm³/mol. The molecule has 2 aromatic heterocycles. The quantitative estimate of drug-likeness (QED) is 0.423. The van der Waals surface area contributed by atoms with Crippen molar-refractivity contribution in [3.63, 3.8) is 0 Å². The van der Waals surface area contributed by atoms with Crippen molar-refractivity contribution in [2.75, 3.05) is 5.32 Å². The number of rotatable bonds is 5. The highest BCUT2D eigenvalue weighted by molar-refractivity contribution is 9.10. The molecule has 0 spiro atoms. The van der Waals surface area contributed by atoms with Gasteiger partial charge in [0.25, 0.3) is 0 Å². The molecule has 0 saturated carbocycles. The minimum absolute atomic E-state index is 0.0621. The molecule has 2 aromatic carbocycles. The van der Waals surface area contributed by atoms with Gasteiger partial charge in [-0.05, 0) is 42.5 Å². The van der Waals surface area contributed by atoms with E-state index in [4.69, 9.17) is 0 Å². The van der Waals surface area contributed by atoms with E-state index in [9.17, 15) is 8.78 Å². The molecule has 28 heavy (non-hydrogen) atoms. The molecule has 0 aliphatic heterocycles. The predicted octanol–water partition coefficient (Wildman–Crippen LogP) is 5.80. The van der Waals surface area contributed by atoms with Crippen LogP contribution in [0.2, 0.25) is 0 Å². The van der Waals surface area contributed by atoms with E-state index in [1.54, 1.807) is 24.5 Å². The Bertz CT molecular complexity index is 1130. The fourth-order valence-electron chi connectivity index (χ4n) is 2.71. The van der Waals surface area contributed by atoms with Crippen LogP contribution in [-0.4, -0.2) is 21.6 Å². The van der Waals surface area contributed by atoms with E-state index in [2.05, 4.69) is 40.9 Å². The van der Waals surface area contributed by atoms with Crippen LogP contribution < -0.4 is 10.1 Å². The van der Waals surface area contributed by atoms with E-state index >= 15 is 0 Å². The van der Waals surface area contributed by atoms with Crippen molar-refractivity contribution < 1.29 is 13.5 Å². The van der Waals surface area contributed by atoms with Gasteiger partial charge in [-0.3, -0.25) is 4.98 Å². The molecule has 0 fully saturated rings. The van der Waals surface area contributed by atoms with Gasteiger partial charge in [-0.25, -0.2) is 9.97 Å². The van der Waals surface area contributed by atoms with Gasteiger partial charge >= 0.3 is 6.61 Å². The summed E-state index contributed by atoms with van der Waals surface area (Å²) in [5.74, 6) is 1.11. The average molecular weight is 443 g/mol. The molecule has 0 aliphatic rings. The van der Waals surface area contributed by atoms with Crippen LogP contribution in [-0.2, 0) is 0 Å². The summed E-state index contributed by atoms with van der Waals surface area (Å²) in [6, 6.07) is 15.7. The van der Waals surface area contributed by atoms with E-state index in [0.717, 1.165) is 20.9 Å². The first kappa shape index (κ1) is 18.2. The van der Waals surface area contributed by atoms with Crippen molar-refractivity contribution >= 4 is 38.3 Å². The van der Waals surface area contributed by atoms with Gasteiger partial charge < -0.3 is 10.1 Å². The normalized spacial score (nSPS) is 11.0. The monoisotopic (exact) mass is 442 g/mol. The average Bonchev–Trinajstić information content (AvgIpc) is 2.69. The standard InChI is InChI=1S/C20H13BrF2N4O/c21-13-6-7-17-16(9-13)19(27-18(26-17)12-3-2-8-24-11-12)25-14-4-1-5-15(10-14)28-20(22)23/h1-11,20H,(H,25,26,27). The second-order valence-electron chi connectivity index (χ2n) is 5.83. The number of hydrogen-bond donors (Lipinski definition) is 1. The summed E-state index contributed by atoms with van der Waals surface area (Å²) >= 11 is 3.46. The van der Waals surface area contributed by atoms with Gasteiger partial charge in [0.05, 0.1) is 5.52 Å². The van der Waals surface area contributed by atoms with Gasteiger partial charge in [-0.1, -0.05) is 22.0 Å². The largest absolute Gasteiger partial charge is 0.435 e. The summed E-state index contributed by atoms with van der Waals surface area (Å²) in [6.45, 7) is -2.89. The third-order valence-corrected chi connectivity index (χ3v) is 4.39. The second kappa shape index (κ2) is 7.85. The Morgan fingerprint density at radius 3 is 2.68 bits per heavy atom. The van der Waals surface area contributed by atoms with Crippen molar-refractivity contribution in [3.05, 3.63) is 71.5 Å². The molecule has 140 valence electrons. The number of benzene rings is 2. The van der Waals surface area contributed by atoms with Crippen LogP contribution in [0.25, 0.3) is 22.3 Å². The highest BCUT2D eigenvalue weighted by Crippen LogP contribution is 2.30. The number of fused-ring (bicyclic) bond motifs is 1. The topological polar surface area (TPSA) is 59.9 Å². The maximum Gasteiger partial charge on any atom is 0.387 e. The number of nitrogens with one attached hydrogen (secondary N) is 1. The lowest BCUT2D eigenvalue weighted by Gasteiger charge is -2.12. The Kier molecular flexibility index (Phi) is 5.12. The summed E-state index contributed by atoms with van der Waals surface area (Å²) in [6.07, 6.45) is 3.36. The minimum Gasteiger partial charge on any atom is -0.435 e. The van der Waals surface area contributed by atoms with Crippen molar-refractivity contribution in [2.45, 2.75) is 6.61 Å². The highest BCUT2D eigenvalue weighted by Gasteiger charge is 2.12. The van der Waals surface area contributed by atoms with Gasteiger partial charge in [0.15, 0.2) is 5.82 Å². The van der Waals surface area contributed by atoms with Crippen LogP contribution in [0, 0.1) is 0 Å². The number of anilines is 2. The first-order valence-electron chi connectivity index (χ1n) is 8.28. The van der Waals surface area contributed by atoms with Gasteiger partial charge in [-0.15, -0.1) is 0 Å². The van der Waals surface area contributed by atoms with Crippen LogP contribution in [0.1, 0.15) is 0 Å². The molecule has 0 atom stereocenters. The molecule has 0 radical (unpaired) electrons. The summed E-state index contributed by atoms with van der Waals surface area (Å²) < 4.78 is 30.3. The molecule has 5 nitrogen and oxygen atoms in total. The smallest absolute Gasteiger partial charge is 0.387 e. The zero-order valence-electron chi connectivity index (χ0n) is 14.3. The third kappa shape index (κ3) is 4.07. The fourth-order valence-corrected chi connectivity index (χ4v) is 3.07. The Balaban J connectivity index is 1.80. The number of nitrogens with zero attached hydrogens (tertiary/aromatic N) is 3. The zero-order valence-corrected chi connectivity index (χ0v) is 15.9. The summed E-state index contributed by atoms with van der Waals surface area (Å²) in [7, 11) is 0. The second-order valence-corrected chi connectivity index (χ2v) is 6.75. The van der Waals surface area contributed by atoms with Gasteiger partial charge in [0.2, 0.25) is 0 Å². The molecule has 0 aliphatic carbocycles. The number of halogens is 3. The maximum absolute atomic E-state index is 12.5. The Hall–Kier alpha value is -3.13. The molecule has 2 heterocycles. The number of hydrogen-bond acceptors (Lipinski definition) is 5. The van der Waals surface area contributed by atoms with Crippen LogP contribution in [0.5, 0.6) is 5.75 Å². The van der Waals surface area contributed by atoms with E-state index < -0.39 is 6.61 Å². The third-order valence-electron chi connectivity index (χ3n) is 3.90. The molecule has 0 bridgehead atoms. The SMILES string of the molecule is FC(F)Oc1cccc(Nc2nc(-c3cccnc3)nc3ccc(Br)cc23)c1. The molecule has 8 heteroatoms. The van der Waals surface area contributed by atoms with Crippen LogP contribution in [0.4, 0.5) is 20.3 Å². The van der Waals surface area contributed by atoms with Crippen molar-refractivity contribution in [2.24, 2.45) is 0 Å². The minimum atomic E-state index is -2.89. The van der Waals surface area contributed by atoms with Gasteiger partial charge in [0, 0.05) is 39.6 Å². The van der Waals surface area contributed by atoms with Gasteiger partial charge in [-0.2, -0.15) is 8.78 Å².